The summed E-state index contributed by atoms with van der Waals surface area (Å²) in [5, 5.41) is 18.5. The Morgan fingerprint density at radius 3 is 2.80 bits per heavy atom. The molecule has 1 heterocycles. The van der Waals surface area contributed by atoms with E-state index in [1.54, 1.807) is 17.4 Å². The average Bonchev–Trinajstić information content (AvgIpc) is 3.14. The smallest absolute Gasteiger partial charge is 0.191 e. The van der Waals surface area contributed by atoms with E-state index in [9.17, 15) is 5.11 Å². The van der Waals surface area contributed by atoms with Crippen LogP contribution in [0, 0.1) is 0 Å². The first-order valence-electron chi connectivity index (χ1n) is 8.64. The molecule has 0 aliphatic heterocycles. The summed E-state index contributed by atoms with van der Waals surface area (Å²) in [7, 11) is 0. The second-order valence-electron chi connectivity index (χ2n) is 5.73. The summed E-state index contributed by atoms with van der Waals surface area (Å²) in [6.45, 7) is 8.82. The van der Waals surface area contributed by atoms with Gasteiger partial charge < -0.3 is 20.5 Å². The number of guanidine groups is 1. The van der Waals surface area contributed by atoms with Crippen molar-refractivity contribution in [1.29, 1.82) is 0 Å². The lowest BCUT2D eigenvalue weighted by atomic mass is 10.1. The van der Waals surface area contributed by atoms with Crippen LogP contribution in [0.15, 0.2) is 40.7 Å². The minimum Gasteiger partial charge on any atom is -0.504 e. The van der Waals surface area contributed by atoms with Crippen LogP contribution in [0.3, 0.4) is 0 Å². The van der Waals surface area contributed by atoms with E-state index in [4.69, 9.17) is 4.74 Å². The molecule has 0 aliphatic carbocycles. The number of aliphatic imine (C=N–C) groups is 1. The maximum Gasteiger partial charge on any atom is 0.191 e. The molecule has 136 valence electrons. The van der Waals surface area contributed by atoms with Crippen molar-refractivity contribution >= 4 is 17.3 Å². The van der Waals surface area contributed by atoms with Crippen molar-refractivity contribution in [2.75, 3.05) is 19.7 Å². The van der Waals surface area contributed by atoms with E-state index in [1.165, 1.54) is 4.88 Å². The zero-order valence-electron chi connectivity index (χ0n) is 15.1. The second kappa shape index (κ2) is 9.93. The number of hydrogen-bond acceptors (Lipinski definition) is 4. The number of ether oxygens (including phenoxy) is 1. The number of thiophene rings is 1. The lowest BCUT2D eigenvalue weighted by Crippen LogP contribution is -2.39. The van der Waals surface area contributed by atoms with Crippen LogP contribution in [-0.2, 0) is 6.54 Å². The van der Waals surface area contributed by atoms with Gasteiger partial charge in [0.25, 0.3) is 0 Å². The summed E-state index contributed by atoms with van der Waals surface area (Å²) < 4.78 is 5.42. The Hall–Kier alpha value is -2.21. The van der Waals surface area contributed by atoms with E-state index in [1.807, 2.05) is 26.0 Å². The largest absolute Gasteiger partial charge is 0.504 e. The van der Waals surface area contributed by atoms with Gasteiger partial charge in [-0.25, -0.2) is 4.99 Å². The summed E-state index contributed by atoms with van der Waals surface area (Å²) >= 11 is 1.78. The molecule has 2 aromatic rings. The highest BCUT2D eigenvalue weighted by Gasteiger charge is 2.08. The van der Waals surface area contributed by atoms with E-state index in [0.717, 1.165) is 24.6 Å². The first kappa shape index (κ1) is 19.1. The quantitative estimate of drug-likeness (QED) is 0.495. The molecule has 3 N–H and O–H groups in total. The number of nitrogens with zero attached hydrogens (tertiary/aromatic N) is 1. The van der Waals surface area contributed by atoms with Gasteiger partial charge in [-0.05, 0) is 43.0 Å². The monoisotopic (exact) mass is 361 g/mol. The highest BCUT2D eigenvalue weighted by atomic mass is 32.1. The van der Waals surface area contributed by atoms with Crippen molar-refractivity contribution in [3.05, 3.63) is 46.2 Å². The Labute approximate surface area is 153 Å². The first-order valence-corrected chi connectivity index (χ1v) is 9.52. The van der Waals surface area contributed by atoms with Crippen molar-refractivity contribution in [3.8, 4) is 11.5 Å². The summed E-state index contributed by atoms with van der Waals surface area (Å²) in [4.78, 5) is 5.99. The molecule has 1 unspecified atom stereocenters. The van der Waals surface area contributed by atoms with Crippen LogP contribution in [0.1, 0.15) is 37.1 Å². The molecule has 0 aliphatic rings. The van der Waals surface area contributed by atoms with Crippen LogP contribution >= 0.6 is 11.3 Å². The predicted octanol–water partition coefficient (Wildman–Crippen LogP) is 3.71. The number of phenols is 1. The average molecular weight is 362 g/mol. The number of phenolic OH excluding ortho intramolecular Hbond substituents is 1. The zero-order valence-corrected chi connectivity index (χ0v) is 15.9. The Morgan fingerprint density at radius 1 is 1.28 bits per heavy atom. The highest BCUT2D eigenvalue weighted by Crippen LogP contribution is 2.27. The highest BCUT2D eigenvalue weighted by molar-refractivity contribution is 7.10. The molecule has 0 saturated carbocycles. The fourth-order valence-corrected chi connectivity index (χ4v) is 3.15. The summed E-state index contributed by atoms with van der Waals surface area (Å²) in [6, 6.07) is 9.58. The zero-order chi connectivity index (χ0) is 18.1. The van der Waals surface area contributed by atoms with Gasteiger partial charge in [0.1, 0.15) is 0 Å². The molecule has 0 bridgehead atoms. The molecule has 1 atom stereocenters. The van der Waals surface area contributed by atoms with Crippen LogP contribution in [0.25, 0.3) is 0 Å². The number of nitrogens with one attached hydrogen (secondary N) is 2. The minimum absolute atomic E-state index is 0.157. The van der Waals surface area contributed by atoms with Gasteiger partial charge in [-0.3, -0.25) is 0 Å². The van der Waals surface area contributed by atoms with Gasteiger partial charge in [-0.1, -0.05) is 19.1 Å². The fourth-order valence-electron chi connectivity index (χ4n) is 2.36. The van der Waals surface area contributed by atoms with Gasteiger partial charge in [-0.15, -0.1) is 11.3 Å². The number of benzene rings is 1. The third-order valence-electron chi connectivity index (χ3n) is 3.69. The van der Waals surface area contributed by atoms with Gasteiger partial charge in [0.15, 0.2) is 17.5 Å². The van der Waals surface area contributed by atoms with Gasteiger partial charge in [0.05, 0.1) is 13.2 Å². The fraction of sp³-hybridized carbons (Fsp3) is 0.421. The van der Waals surface area contributed by atoms with Crippen LogP contribution in [0.5, 0.6) is 11.5 Å². The summed E-state index contributed by atoms with van der Waals surface area (Å²) in [5.74, 6) is 1.88. The third kappa shape index (κ3) is 5.98. The van der Waals surface area contributed by atoms with Crippen molar-refractivity contribution in [3.63, 3.8) is 0 Å². The lowest BCUT2D eigenvalue weighted by Gasteiger charge is -2.15. The number of rotatable bonds is 8. The SMILES string of the molecule is CCNC(=NCc1ccc(O)c(OCC)c1)NCC(C)c1cccs1. The van der Waals surface area contributed by atoms with Crippen molar-refractivity contribution in [2.24, 2.45) is 4.99 Å². The molecular formula is C19H27N3O2S. The third-order valence-corrected chi connectivity index (χ3v) is 4.80. The van der Waals surface area contributed by atoms with Crippen molar-refractivity contribution < 1.29 is 9.84 Å². The van der Waals surface area contributed by atoms with Gasteiger partial charge in [0, 0.05) is 23.9 Å². The molecule has 0 amide bonds. The van der Waals surface area contributed by atoms with Gasteiger partial charge in [-0.2, -0.15) is 0 Å². The number of hydrogen-bond donors (Lipinski definition) is 3. The lowest BCUT2D eigenvalue weighted by molar-refractivity contribution is 0.318. The molecule has 25 heavy (non-hydrogen) atoms. The van der Waals surface area contributed by atoms with Crippen LogP contribution < -0.4 is 15.4 Å². The summed E-state index contributed by atoms with van der Waals surface area (Å²) in [5.41, 5.74) is 0.991. The molecule has 1 aromatic heterocycles. The standard InChI is InChI=1S/C19H27N3O2S/c1-4-20-19(21-12-14(3)18-7-6-10-25-18)22-13-15-8-9-16(23)17(11-15)24-5-2/h6-11,14,23H,4-5,12-13H2,1-3H3,(H2,20,21,22). The van der Waals surface area contributed by atoms with E-state index in [-0.39, 0.29) is 5.75 Å². The molecule has 1 aromatic carbocycles. The van der Waals surface area contributed by atoms with Crippen molar-refractivity contribution in [2.45, 2.75) is 33.2 Å². The van der Waals surface area contributed by atoms with Crippen LogP contribution in [0.2, 0.25) is 0 Å². The van der Waals surface area contributed by atoms with Gasteiger partial charge >= 0.3 is 0 Å². The maximum absolute atomic E-state index is 9.78. The Bertz CT molecular complexity index is 671. The predicted molar refractivity (Wildman–Crippen MR) is 105 cm³/mol. The first-order chi connectivity index (χ1) is 12.1. The van der Waals surface area contributed by atoms with Crippen molar-refractivity contribution in [1.82, 2.24) is 10.6 Å². The molecule has 0 spiro atoms. The van der Waals surface area contributed by atoms with E-state index in [2.05, 4.69) is 40.1 Å². The molecule has 0 fully saturated rings. The summed E-state index contributed by atoms with van der Waals surface area (Å²) in [6.07, 6.45) is 0. The maximum atomic E-state index is 9.78. The molecule has 0 radical (unpaired) electrons. The van der Waals surface area contributed by atoms with Gasteiger partial charge in [0.2, 0.25) is 0 Å². The number of aromatic hydroxyl groups is 1. The van der Waals surface area contributed by atoms with Crippen LogP contribution in [-0.4, -0.2) is 30.8 Å². The van der Waals surface area contributed by atoms with Crippen LogP contribution in [0.4, 0.5) is 0 Å². The Kier molecular flexibility index (Phi) is 7.60. The Balaban J connectivity index is 1.98. The molecule has 5 nitrogen and oxygen atoms in total. The topological polar surface area (TPSA) is 65.9 Å². The second-order valence-corrected chi connectivity index (χ2v) is 6.71. The molecule has 2 rings (SSSR count). The molecule has 0 saturated heterocycles. The molecule has 6 heteroatoms. The van der Waals surface area contributed by atoms with E-state index in [0.29, 0.717) is 24.8 Å². The Morgan fingerprint density at radius 2 is 2.12 bits per heavy atom. The molecular weight excluding hydrogens is 334 g/mol. The van der Waals surface area contributed by atoms with E-state index < -0.39 is 0 Å². The van der Waals surface area contributed by atoms with E-state index >= 15 is 0 Å². The normalized spacial score (nSPS) is 12.7. The minimum atomic E-state index is 0.157.